The molecule has 5 heteroatoms. The summed E-state index contributed by atoms with van der Waals surface area (Å²) in [7, 11) is 2.08. The average molecular weight is 415 g/mol. The minimum atomic E-state index is -0.681. The monoisotopic (exact) mass is 415 g/mol. The second-order valence-electron chi connectivity index (χ2n) is 8.76. The number of hydrogen-bond acceptors (Lipinski definition) is 5. The zero-order valence-corrected chi connectivity index (χ0v) is 17.7. The van der Waals surface area contributed by atoms with Crippen LogP contribution < -0.4 is 14.2 Å². The van der Waals surface area contributed by atoms with Gasteiger partial charge in [-0.2, -0.15) is 0 Å². The van der Waals surface area contributed by atoms with Gasteiger partial charge in [0.2, 0.25) is 6.79 Å². The van der Waals surface area contributed by atoms with Crippen LogP contribution in [0.1, 0.15) is 35.3 Å². The Balaban J connectivity index is 1.49. The normalized spacial score (nSPS) is 23.3. The number of ether oxygens (including phenoxy) is 3. The fourth-order valence-corrected chi connectivity index (χ4v) is 5.31. The Bertz CT molecular complexity index is 1180. The van der Waals surface area contributed by atoms with E-state index in [1.54, 1.807) is 0 Å². The predicted octanol–water partition coefficient (Wildman–Crippen LogP) is 4.41. The maximum Gasteiger partial charge on any atom is 0.231 e. The standard InChI is InChI=1S/C26H25NO4/c1-26-23-17(10-11-27(26)2)12-21-24(31-15-30-21)22(23)19-9-8-18(13-20(19)25(26)28)29-14-16-6-4-3-5-7-16/h3-9,12-13,25,28H,10-11,14-15H2,1-2H3/t25-,26-/m0/s1. The van der Waals surface area contributed by atoms with E-state index in [2.05, 4.69) is 24.9 Å². The zero-order valence-electron chi connectivity index (χ0n) is 17.7. The van der Waals surface area contributed by atoms with Crippen LogP contribution in [-0.4, -0.2) is 30.4 Å². The third-order valence-electron chi connectivity index (χ3n) is 7.13. The maximum atomic E-state index is 11.6. The number of rotatable bonds is 3. The van der Waals surface area contributed by atoms with E-state index in [4.69, 9.17) is 14.2 Å². The maximum absolute atomic E-state index is 11.6. The van der Waals surface area contributed by atoms with E-state index in [-0.39, 0.29) is 6.79 Å². The van der Waals surface area contributed by atoms with Gasteiger partial charge in [-0.1, -0.05) is 36.4 Å². The fourth-order valence-electron chi connectivity index (χ4n) is 5.31. The molecular weight excluding hydrogens is 390 g/mol. The molecule has 0 saturated heterocycles. The molecule has 158 valence electrons. The lowest BCUT2D eigenvalue weighted by atomic mass is 9.67. The number of aliphatic hydroxyl groups excluding tert-OH is 1. The van der Waals surface area contributed by atoms with Crippen molar-refractivity contribution in [1.82, 2.24) is 4.90 Å². The number of nitrogens with zero attached hydrogens (tertiary/aromatic N) is 1. The Kier molecular flexibility index (Phi) is 4.07. The number of likely N-dealkylation sites (N-methyl/N-ethyl adjacent to an activating group) is 1. The summed E-state index contributed by atoms with van der Waals surface area (Å²) < 4.78 is 17.8. The Labute approximate surface area is 181 Å². The van der Waals surface area contributed by atoms with Crippen LogP contribution in [0.5, 0.6) is 17.2 Å². The molecule has 3 aliphatic rings. The van der Waals surface area contributed by atoms with Gasteiger partial charge in [0.05, 0.1) is 5.54 Å². The largest absolute Gasteiger partial charge is 0.489 e. The van der Waals surface area contributed by atoms with Crippen molar-refractivity contribution in [3.8, 4) is 28.4 Å². The quantitative estimate of drug-likeness (QED) is 0.687. The summed E-state index contributed by atoms with van der Waals surface area (Å²) in [5.41, 5.74) is 5.86. The molecule has 0 spiro atoms. The fraction of sp³-hybridized carbons (Fsp3) is 0.308. The molecule has 3 aromatic rings. The molecule has 0 fully saturated rings. The van der Waals surface area contributed by atoms with Crippen molar-refractivity contribution >= 4 is 0 Å². The molecule has 3 aromatic carbocycles. The van der Waals surface area contributed by atoms with Crippen molar-refractivity contribution in [3.05, 3.63) is 76.9 Å². The number of aliphatic hydroxyl groups is 1. The Morgan fingerprint density at radius 1 is 1.13 bits per heavy atom. The average Bonchev–Trinajstić information content (AvgIpc) is 3.27. The van der Waals surface area contributed by atoms with E-state index < -0.39 is 11.6 Å². The Morgan fingerprint density at radius 3 is 2.81 bits per heavy atom. The third kappa shape index (κ3) is 2.63. The molecule has 0 amide bonds. The molecule has 5 nitrogen and oxygen atoms in total. The highest BCUT2D eigenvalue weighted by Crippen LogP contribution is 2.59. The lowest BCUT2D eigenvalue weighted by Crippen LogP contribution is -2.52. The number of hydrogen-bond donors (Lipinski definition) is 1. The molecule has 2 heterocycles. The predicted molar refractivity (Wildman–Crippen MR) is 117 cm³/mol. The van der Waals surface area contributed by atoms with Gasteiger partial charge in [-0.25, -0.2) is 0 Å². The first-order valence-electron chi connectivity index (χ1n) is 10.7. The SMILES string of the molecule is CN1CCc2cc3c(c4c2[C@@]1(C)[C@@H](O)c1cc(OCc2ccccc2)ccc1-4)OCO3. The van der Waals surface area contributed by atoms with Crippen LogP contribution in [0, 0.1) is 0 Å². The number of benzene rings is 3. The summed E-state index contributed by atoms with van der Waals surface area (Å²) in [6.45, 7) is 3.72. The molecule has 0 saturated carbocycles. The summed E-state index contributed by atoms with van der Waals surface area (Å²) in [5, 5.41) is 11.6. The minimum Gasteiger partial charge on any atom is -0.489 e. The zero-order chi connectivity index (χ0) is 21.2. The van der Waals surface area contributed by atoms with Crippen LogP contribution in [0.15, 0.2) is 54.6 Å². The Morgan fingerprint density at radius 2 is 1.97 bits per heavy atom. The molecule has 0 aromatic heterocycles. The molecule has 2 aliphatic heterocycles. The van der Waals surface area contributed by atoms with Gasteiger partial charge in [0.15, 0.2) is 11.5 Å². The molecule has 31 heavy (non-hydrogen) atoms. The van der Waals surface area contributed by atoms with Crippen LogP contribution in [0.25, 0.3) is 11.1 Å². The van der Waals surface area contributed by atoms with Crippen LogP contribution in [0.4, 0.5) is 0 Å². The van der Waals surface area contributed by atoms with Gasteiger partial charge >= 0.3 is 0 Å². The molecule has 0 bridgehead atoms. The second kappa shape index (κ2) is 6.74. The molecule has 1 N–H and O–H groups in total. The van der Waals surface area contributed by atoms with Crippen LogP contribution in [0.2, 0.25) is 0 Å². The van der Waals surface area contributed by atoms with E-state index in [1.807, 2.05) is 48.5 Å². The smallest absolute Gasteiger partial charge is 0.231 e. The summed E-state index contributed by atoms with van der Waals surface area (Å²) >= 11 is 0. The molecule has 1 aliphatic carbocycles. The van der Waals surface area contributed by atoms with E-state index in [0.29, 0.717) is 6.61 Å². The first kappa shape index (κ1) is 18.7. The summed E-state index contributed by atoms with van der Waals surface area (Å²) in [4.78, 5) is 2.26. The van der Waals surface area contributed by atoms with Crippen LogP contribution in [-0.2, 0) is 18.6 Å². The van der Waals surface area contributed by atoms with Gasteiger partial charge in [-0.05, 0) is 66.4 Å². The van der Waals surface area contributed by atoms with Crippen molar-refractivity contribution in [3.63, 3.8) is 0 Å². The van der Waals surface area contributed by atoms with Gasteiger partial charge in [0.25, 0.3) is 0 Å². The summed E-state index contributed by atoms with van der Waals surface area (Å²) in [6, 6.07) is 18.2. The van der Waals surface area contributed by atoms with Gasteiger partial charge in [-0.3, -0.25) is 4.90 Å². The lowest BCUT2D eigenvalue weighted by Gasteiger charge is -2.51. The van der Waals surface area contributed by atoms with Crippen molar-refractivity contribution in [2.75, 3.05) is 20.4 Å². The topological polar surface area (TPSA) is 51.2 Å². The van der Waals surface area contributed by atoms with Crippen molar-refractivity contribution in [2.24, 2.45) is 0 Å². The van der Waals surface area contributed by atoms with E-state index in [1.165, 1.54) is 5.56 Å². The first-order chi connectivity index (χ1) is 15.1. The van der Waals surface area contributed by atoms with Gasteiger partial charge in [-0.15, -0.1) is 0 Å². The summed E-state index contributed by atoms with van der Waals surface area (Å²) in [5.74, 6) is 2.33. The highest BCUT2D eigenvalue weighted by atomic mass is 16.7. The lowest BCUT2D eigenvalue weighted by molar-refractivity contribution is -0.0218. The number of fused-ring (bicyclic) bond motifs is 4. The van der Waals surface area contributed by atoms with Gasteiger partial charge in [0, 0.05) is 12.1 Å². The molecular formula is C26H25NO4. The summed E-state index contributed by atoms with van der Waals surface area (Å²) in [6.07, 6.45) is 0.241. The van der Waals surface area contributed by atoms with Crippen LogP contribution in [0.3, 0.4) is 0 Å². The first-order valence-corrected chi connectivity index (χ1v) is 10.7. The molecule has 0 unspecified atom stereocenters. The molecule has 6 rings (SSSR count). The molecule has 0 radical (unpaired) electrons. The van der Waals surface area contributed by atoms with Crippen molar-refractivity contribution in [1.29, 1.82) is 0 Å². The van der Waals surface area contributed by atoms with Gasteiger partial charge < -0.3 is 19.3 Å². The highest BCUT2D eigenvalue weighted by molar-refractivity contribution is 5.85. The minimum absolute atomic E-state index is 0.230. The van der Waals surface area contributed by atoms with E-state index >= 15 is 0 Å². The van der Waals surface area contributed by atoms with E-state index in [0.717, 1.165) is 58.0 Å². The third-order valence-corrected chi connectivity index (χ3v) is 7.13. The molecule has 2 atom stereocenters. The van der Waals surface area contributed by atoms with E-state index in [9.17, 15) is 5.11 Å². The second-order valence-corrected chi connectivity index (χ2v) is 8.76. The van der Waals surface area contributed by atoms with Crippen molar-refractivity contribution < 1.29 is 19.3 Å². The highest BCUT2D eigenvalue weighted by Gasteiger charge is 2.50. The Hall–Kier alpha value is -3.02. The van der Waals surface area contributed by atoms with Gasteiger partial charge in [0.1, 0.15) is 18.5 Å². The van der Waals surface area contributed by atoms with Crippen molar-refractivity contribution in [2.45, 2.75) is 31.6 Å². The van der Waals surface area contributed by atoms with Crippen LogP contribution >= 0.6 is 0 Å².